The maximum atomic E-state index is 5.61. The lowest BCUT2D eigenvalue weighted by Gasteiger charge is -2.15. The Morgan fingerprint density at radius 3 is 2.78 bits per heavy atom. The van der Waals surface area contributed by atoms with Crippen molar-refractivity contribution in [3.8, 4) is 0 Å². The molecule has 3 heterocycles. The van der Waals surface area contributed by atoms with Gasteiger partial charge in [-0.15, -0.1) is 0 Å². The van der Waals surface area contributed by atoms with Crippen molar-refractivity contribution in [3.05, 3.63) is 36.1 Å². The molecule has 0 radical (unpaired) electrons. The van der Waals surface area contributed by atoms with E-state index >= 15 is 0 Å². The van der Waals surface area contributed by atoms with Crippen LogP contribution in [0.25, 0.3) is 11.0 Å². The maximum absolute atomic E-state index is 5.61. The highest BCUT2D eigenvalue weighted by Crippen LogP contribution is 2.29. The minimum atomic E-state index is 0.864. The van der Waals surface area contributed by atoms with Gasteiger partial charge in [0.15, 0.2) is 0 Å². The molecule has 94 valence electrons. The van der Waals surface area contributed by atoms with E-state index in [-0.39, 0.29) is 0 Å². The van der Waals surface area contributed by atoms with Crippen molar-refractivity contribution in [1.29, 1.82) is 0 Å². The van der Waals surface area contributed by atoms with Crippen molar-refractivity contribution in [2.75, 3.05) is 26.2 Å². The monoisotopic (exact) mass is 242 g/mol. The van der Waals surface area contributed by atoms with Gasteiger partial charge in [0, 0.05) is 30.6 Å². The second kappa shape index (κ2) is 4.11. The van der Waals surface area contributed by atoms with Gasteiger partial charge in [0.25, 0.3) is 0 Å². The number of nitrogens with zero attached hydrogens (tertiary/aromatic N) is 1. The van der Waals surface area contributed by atoms with Crippen molar-refractivity contribution < 1.29 is 4.42 Å². The zero-order chi connectivity index (χ0) is 11.9. The Morgan fingerprint density at radius 2 is 1.94 bits per heavy atom. The van der Waals surface area contributed by atoms with Gasteiger partial charge in [-0.05, 0) is 31.0 Å². The van der Waals surface area contributed by atoms with Crippen molar-refractivity contribution in [3.63, 3.8) is 0 Å². The molecule has 1 aromatic heterocycles. The van der Waals surface area contributed by atoms with Crippen LogP contribution in [0.1, 0.15) is 5.56 Å². The predicted octanol–water partition coefficient (Wildman–Crippen LogP) is 2.08. The Bertz CT molecular complexity index is 550. The molecule has 0 spiro atoms. The molecular formula is C15H18N2O. The van der Waals surface area contributed by atoms with E-state index in [0.29, 0.717) is 0 Å². The van der Waals surface area contributed by atoms with Crippen LogP contribution in [0.5, 0.6) is 0 Å². The van der Waals surface area contributed by atoms with Crippen molar-refractivity contribution in [1.82, 2.24) is 10.2 Å². The van der Waals surface area contributed by atoms with Crippen molar-refractivity contribution in [2.24, 2.45) is 11.8 Å². The summed E-state index contributed by atoms with van der Waals surface area (Å²) in [7, 11) is 0. The SMILES string of the molecule is c1ccc2c(CN3C[C@H]4CNC[C@H]4C3)coc2c1. The highest BCUT2D eigenvalue weighted by molar-refractivity contribution is 5.80. The van der Waals surface area contributed by atoms with E-state index in [1.807, 2.05) is 18.4 Å². The second-order valence-electron chi connectivity index (χ2n) is 5.63. The van der Waals surface area contributed by atoms with Gasteiger partial charge >= 0.3 is 0 Å². The first-order valence-electron chi connectivity index (χ1n) is 6.78. The van der Waals surface area contributed by atoms with Crippen LogP contribution in [-0.2, 0) is 6.54 Å². The van der Waals surface area contributed by atoms with E-state index in [2.05, 4.69) is 22.3 Å². The molecule has 4 rings (SSSR count). The van der Waals surface area contributed by atoms with Gasteiger partial charge in [0.05, 0.1) is 6.26 Å². The number of fused-ring (bicyclic) bond motifs is 2. The average Bonchev–Trinajstić information content (AvgIpc) is 3.04. The quantitative estimate of drug-likeness (QED) is 0.874. The molecule has 2 atom stereocenters. The molecule has 2 aromatic rings. The minimum absolute atomic E-state index is 0.864. The second-order valence-corrected chi connectivity index (χ2v) is 5.63. The molecular weight excluding hydrogens is 224 g/mol. The van der Waals surface area contributed by atoms with Crippen LogP contribution in [0.3, 0.4) is 0 Å². The molecule has 2 aliphatic rings. The Labute approximate surface area is 107 Å². The van der Waals surface area contributed by atoms with E-state index in [1.165, 1.54) is 37.1 Å². The normalized spacial score (nSPS) is 28.0. The van der Waals surface area contributed by atoms with Crippen LogP contribution in [0, 0.1) is 11.8 Å². The summed E-state index contributed by atoms with van der Waals surface area (Å²) in [6.07, 6.45) is 1.93. The first kappa shape index (κ1) is 10.6. The Balaban J connectivity index is 1.55. The third-order valence-electron chi connectivity index (χ3n) is 4.42. The molecule has 3 heteroatoms. The summed E-state index contributed by atoms with van der Waals surface area (Å²) in [5, 5.41) is 4.76. The molecule has 18 heavy (non-hydrogen) atoms. The number of likely N-dealkylation sites (tertiary alicyclic amines) is 1. The molecule has 0 aliphatic carbocycles. The average molecular weight is 242 g/mol. The summed E-state index contributed by atoms with van der Waals surface area (Å²) in [5.41, 5.74) is 2.34. The number of rotatable bonds is 2. The van der Waals surface area contributed by atoms with Gasteiger partial charge in [-0.3, -0.25) is 4.90 Å². The number of hydrogen-bond donors (Lipinski definition) is 1. The third kappa shape index (κ3) is 1.66. The number of para-hydroxylation sites is 1. The topological polar surface area (TPSA) is 28.4 Å². The highest BCUT2D eigenvalue weighted by Gasteiger charge is 2.35. The van der Waals surface area contributed by atoms with Crippen LogP contribution >= 0.6 is 0 Å². The Morgan fingerprint density at radius 1 is 1.17 bits per heavy atom. The third-order valence-corrected chi connectivity index (χ3v) is 4.42. The van der Waals surface area contributed by atoms with E-state index in [1.54, 1.807) is 0 Å². The fourth-order valence-corrected chi connectivity index (χ4v) is 3.48. The minimum Gasteiger partial charge on any atom is -0.464 e. The summed E-state index contributed by atoms with van der Waals surface area (Å²) in [4.78, 5) is 2.58. The fourth-order valence-electron chi connectivity index (χ4n) is 3.48. The van der Waals surface area contributed by atoms with E-state index < -0.39 is 0 Å². The zero-order valence-electron chi connectivity index (χ0n) is 10.4. The molecule has 0 unspecified atom stereocenters. The first-order chi connectivity index (χ1) is 8.90. The van der Waals surface area contributed by atoms with Crippen LogP contribution in [0.15, 0.2) is 34.9 Å². The lowest BCUT2D eigenvalue weighted by atomic mass is 10.0. The summed E-state index contributed by atoms with van der Waals surface area (Å²) in [5.74, 6) is 1.73. The largest absolute Gasteiger partial charge is 0.464 e. The smallest absolute Gasteiger partial charge is 0.134 e. The molecule has 0 bridgehead atoms. The number of benzene rings is 1. The Kier molecular flexibility index (Phi) is 2.42. The van der Waals surface area contributed by atoms with E-state index in [0.717, 1.165) is 24.0 Å². The van der Waals surface area contributed by atoms with Crippen molar-refractivity contribution >= 4 is 11.0 Å². The standard InChI is InChI=1S/C15H18N2O/c1-2-4-15-14(3-1)13(10-18-15)9-17-7-11-5-16-6-12(11)8-17/h1-4,10-12,16H,5-9H2/t11-,12+. The molecule has 2 aliphatic heterocycles. The molecule has 2 fully saturated rings. The van der Waals surface area contributed by atoms with Gasteiger partial charge in [0.2, 0.25) is 0 Å². The van der Waals surface area contributed by atoms with E-state index in [4.69, 9.17) is 4.42 Å². The van der Waals surface area contributed by atoms with Gasteiger partial charge in [-0.25, -0.2) is 0 Å². The Hall–Kier alpha value is -1.32. The molecule has 1 N–H and O–H groups in total. The predicted molar refractivity (Wildman–Crippen MR) is 71.3 cm³/mol. The van der Waals surface area contributed by atoms with Gasteiger partial charge < -0.3 is 9.73 Å². The summed E-state index contributed by atoms with van der Waals surface area (Å²) in [6.45, 7) is 5.90. The van der Waals surface area contributed by atoms with Gasteiger partial charge in [-0.2, -0.15) is 0 Å². The van der Waals surface area contributed by atoms with Gasteiger partial charge in [0.1, 0.15) is 5.58 Å². The molecule has 1 aromatic carbocycles. The summed E-state index contributed by atoms with van der Waals surface area (Å²) >= 11 is 0. The molecule has 3 nitrogen and oxygen atoms in total. The lowest BCUT2D eigenvalue weighted by molar-refractivity contribution is 0.305. The highest BCUT2D eigenvalue weighted by atomic mass is 16.3. The van der Waals surface area contributed by atoms with E-state index in [9.17, 15) is 0 Å². The molecule has 0 amide bonds. The van der Waals surface area contributed by atoms with Crippen LogP contribution in [-0.4, -0.2) is 31.1 Å². The van der Waals surface area contributed by atoms with Gasteiger partial charge in [-0.1, -0.05) is 18.2 Å². The number of nitrogens with one attached hydrogen (secondary N) is 1. The van der Waals surface area contributed by atoms with Crippen LogP contribution < -0.4 is 5.32 Å². The summed E-state index contributed by atoms with van der Waals surface area (Å²) < 4.78 is 5.61. The number of hydrogen-bond acceptors (Lipinski definition) is 3. The molecule has 2 saturated heterocycles. The van der Waals surface area contributed by atoms with Crippen LogP contribution in [0.4, 0.5) is 0 Å². The molecule has 0 saturated carbocycles. The summed E-state index contributed by atoms with van der Waals surface area (Å²) in [6, 6.07) is 8.32. The maximum Gasteiger partial charge on any atom is 0.134 e. The lowest BCUT2D eigenvalue weighted by Crippen LogP contribution is -2.25. The fraction of sp³-hybridized carbons (Fsp3) is 0.467. The van der Waals surface area contributed by atoms with Crippen molar-refractivity contribution in [2.45, 2.75) is 6.54 Å². The zero-order valence-corrected chi connectivity index (χ0v) is 10.4. The number of furan rings is 1. The first-order valence-corrected chi connectivity index (χ1v) is 6.78. The van der Waals surface area contributed by atoms with Crippen LogP contribution in [0.2, 0.25) is 0 Å².